The van der Waals surface area contributed by atoms with E-state index >= 15 is 0 Å². The number of nitrogens with zero attached hydrogens (tertiary/aromatic N) is 3. The Morgan fingerprint density at radius 2 is 1.61 bits per heavy atom. The van der Waals surface area contributed by atoms with Crippen molar-refractivity contribution in [2.75, 3.05) is 41.7 Å². The Labute approximate surface area is 196 Å². The number of carbonyl (C=O) groups is 2. The maximum atomic E-state index is 12.4. The number of benzene rings is 2. The molecule has 7 nitrogen and oxygen atoms in total. The maximum Gasteiger partial charge on any atom is 0.323 e. The molecule has 0 atom stereocenters. The Kier molecular flexibility index (Phi) is 9.13. The van der Waals surface area contributed by atoms with E-state index < -0.39 is 0 Å². The van der Waals surface area contributed by atoms with E-state index in [1.165, 1.54) is 19.3 Å². The van der Waals surface area contributed by atoms with Gasteiger partial charge in [-0.15, -0.1) is 0 Å². The van der Waals surface area contributed by atoms with Crippen LogP contribution in [0.5, 0.6) is 0 Å². The standard InChI is InChI=1S/C26H33N5O2/c1-2-3-4-5-6-10-25(32)31-17-15-30(16-18-31)24-13-11-22(12-14-24)28-26(33)29-23-9-7-8-21(19-23)20-27/h7-9,11-14,19H,2-6,10,15-18H2,1H3,(H2,28,29,33). The maximum absolute atomic E-state index is 12.4. The summed E-state index contributed by atoms with van der Waals surface area (Å²) in [5.74, 6) is 0.275. The zero-order valence-corrected chi connectivity index (χ0v) is 19.3. The first-order chi connectivity index (χ1) is 16.1. The van der Waals surface area contributed by atoms with Gasteiger partial charge >= 0.3 is 6.03 Å². The van der Waals surface area contributed by atoms with Crippen LogP contribution in [0.25, 0.3) is 0 Å². The van der Waals surface area contributed by atoms with E-state index in [-0.39, 0.29) is 11.9 Å². The number of hydrogen-bond acceptors (Lipinski definition) is 4. The minimum absolute atomic E-state index is 0.275. The number of hydrogen-bond donors (Lipinski definition) is 2. The number of carbonyl (C=O) groups excluding carboxylic acids is 2. The van der Waals surface area contributed by atoms with Gasteiger partial charge in [-0.3, -0.25) is 4.79 Å². The fourth-order valence-corrected chi connectivity index (χ4v) is 3.97. The lowest BCUT2D eigenvalue weighted by molar-refractivity contribution is -0.131. The summed E-state index contributed by atoms with van der Waals surface area (Å²) in [5.41, 5.74) is 2.82. The average molecular weight is 448 g/mol. The summed E-state index contributed by atoms with van der Waals surface area (Å²) in [6, 6.07) is 16.2. The van der Waals surface area contributed by atoms with Gasteiger partial charge in [-0.05, 0) is 48.9 Å². The minimum Gasteiger partial charge on any atom is -0.368 e. The average Bonchev–Trinajstić information content (AvgIpc) is 2.84. The fraction of sp³-hybridized carbons (Fsp3) is 0.423. The van der Waals surface area contributed by atoms with E-state index in [0.717, 1.165) is 44.7 Å². The predicted molar refractivity (Wildman–Crippen MR) is 132 cm³/mol. The lowest BCUT2D eigenvalue weighted by Gasteiger charge is -2.36. The van der Waals surface area contributed by atoms with Crippen LogP contribution in [-0.2, 0) is 4.79 Å². The second kappa shape index (κ2) is 12.5. The molecule has 1 fully saturated rings. The Hall–Kier alpha value is -3.53. The van der Waals surface area contributed by atoms with E-state index in [2.05, 4.69) is 28.5 Å². The number of urea groups is 1. The zero-order chi connectivity index (χ0) is 23.5. The molecule has 7 heteroatoms. The van der Waals surface area contributed by atoms with Crippen LogP contribution in [0.3, 0.4) is 0 Å². The summed E-state index contributed by atoms with van der Waals surface area (Å²) >= 11 is 0. The van der Waals surface area contributed by atoms with Gasteiger partial charge in [0.2, 0.25) is 5.91 Å². The first-order valence-electron chi connectivity index (χ1n) is 11.8. The largest absolute Gasteiger partial charge is 0.368 e. The molecule has 1 saturated heterocycles. The molecule has 0 spiro atoms. The summed E-state index contributed by atoms with van der Waals surface area (Å²) in [6.45, 7) is 5.31. The first kappa shape index (κ1) is 24.1. The summed E-state index contributed by atoms with van der Waals surface area (Å²) in [5, 5.41) is 14.5. The molecule has 1 aliphatic heterocycles. The molecule has 0 unspecified atom stereocenters. The van der Waals surface area contributed by atoms with Crippen LogP contribution in [0.4, 0.5) is 21.9 Å². The molecule has 0 aromatic heterocycles. The highest BCUT2D eigenvalue weighted by Gasteiger charge is 2.21. The van der Waals surface area contributed by atoms with Gasteiger partial charge in [0.05, 0.1) is 11.6 Å². The normalized spacial score (nSPS) is 13.3. The number of amides is 3. The van der Waals surface area contributed by atoms with E-state index in [1.54, 1.807) is 24.3 Å². The Balaban J connectivity index is 1.42. The van der Waals surface area contributed by atoms with Gasteiger partial charge in [0, 0.05) is 49.7 Å². The fourth-order valence-electron chi connectivity index (χ4n) is 3.97. The molecule has 0 aliphatic carbocycles. The van der Waals surface area contributed by atoms with Gasteiger partial charge in [0.15, 0.2) is 0 Å². The van der Waals surface area contributed by atoms with Crippen molar-refractivity contribution in [3.05, 3.63) is 54.1 Å². The number of anilines is 3. The van der Waals surface area contributed by atoms with Crippen molar-refractivity contribution >= 4 is 29.0 Å². The zero-order valence-electron chi connectivity index (χ0n) is 19.3. The first-order valence-corrected chi connectivity index (χ1v) is 11.8. The van der Waals surface area contributed by atoms with Crippen LogP contribution in [0, 0.1) is 11.3 Å². The van der Waals surface area contributed by atoms with Crippen LogP contribution in [-0.4, -0.2) is 43.0 Å². The SMILES string of the molecule is CCCCCCCC(=O)N1CCN(c2ccc(NC(=O)Nc3cccc(C#N)c3)cc2)CC1. The predicted octanol–water partition coefficient (Wildman–Crippen LogP) is 5.21. The molecule has 3 rings (SSSR count). The topological polar surface area (TPSA) is 88.5 Å². The Morgan fingerprint density at radius 3 is 2.30 bits per heavy atom. The molecule has 0 bridgehead atoms. The molecule has 2 aromatic rings. The summed E-state index contributed by atoms with van der Waals surface area (Å²) < 4.78 is 0. The molecule has 3 amide bonds. The van der Waals surface area contributed by atoms with Crippen LogP contribution in [0.2, 0.25) is 0 Å². The molecule has 2 aromatic carbocycles. The number of nitrogens with one attached hydrogen (secondary N) is 2. The lowest BCUT2D eigenvalue weighted by Crippen LogP contribution is -2.48. The van der Waals surface area contributed by atoms with Gasteiger partial charge in [-0.25, -0.2) is 4.79 Å². The molecular formula is C26H33N5O2. The molecule has 2 N–H and O–H groups in total. The number of rotatable bonds is 9. The van der Waals surface area contributed by atoms with Gasteiger partial charge in [0.25, 0.3) is 0 Å². The number of nitriles is 1. The van der Waals surface area contributed by atoms with Gasteiger partial charge < -0.3 is 20.4 Å². The molecule has 1 heterocycles. The van der Waals surface area contributed by atoms with Crippen molar-refractivity contribution in [2.24, 2.45) is 0 Å². The molecule has 1 aliphatic rings. The van der Waals surface area contributed by atoms with E-state index in [9.17, 15) is 9.59 Å². The van der Waals surface area contributed by atoms with Crippen LogP contribution in [0.15, 0.2) is 48.5 Å². The van der Waals surface area contributed by atoms with Crippen LogP contribution < -0.4 is 15.5 Å². The minimum atomic E-state index is -0.361. The third-order valence-electron chi connectivity index (χ3n) is 5.87. The van der Waals surface area contributed by atoms with Crippen molar-refractivity contribution in [2.45, 2.75) is 45.4 Å². The molecule has 0 saturated carbocycles. The van der Waals surface area contributed by atoms with Crippen molar-refractivity contribution in [3.63, 3.8) is 0 Å². The Bertz CT molecular complexity index is 959. The Morgan fingerprint density at radius 1 is 0.909 bits per heavy atom. The lowest BCUT2D eigenvalue weighted by atomic mass is 10.1. The van der Waals surface area contributed by atoms with Crippen LogP contribution in [0.1, 0.15) is 51.0 Å². The highest BCUT2D eigenvalue weighted by molar-refractivity contribution is 5.99. The van der Waals surface area contributed by atoms with E-state index in [4.69, 9.17) is 5.26 Å². The smallest absolute Gasteiger partial charge is 0.323 e. The van der Waals surface area contributed by atoms with Gasteiger partial charge in [-0.2, -0.15) is 5.26 Å². The monoisotopic (exact) mass is 447 g/mol. The van der Waals surface area contributed by atoms with Crippen LogP contribution >= 0.6 is 0 Å². The summed E-state index contributed by atoms with van der Waals surface area (Å²) in [6.07, 6.45) is 6.49. The summed E-state index contributed by atoms with van der Waals surface area (Å²) in [4.78, 5) is 28.9. The molecule has 174 valence electrons. The second-order valence-electron chi connectivity index (χ2n) is 8.35. The van der Waals surface area contributed by atoms with Crippen molar-refractivity contribution in [1.82, 2.24) is 4.90 Å². The van der Waals surface area contributed by atoms with Crippen molar-refractivity contribution in [3.8, 4) is 6.07 Å². The highest BCUT2D eigenvalue weighted by atomic mass is 16.2. The van der Waals surface area contributed by atoms with E-state index in [0.29, 0.717) is 23.4 Å². The third kappa shape index (κ3) is 7.53. The molecule has 33 heavy (non-hydrogen) atoms. The van der Waals surface area contributed by atoms with Gasteiger partial charge in [0.1, 0.15) is 0 Å². The highest BCUT2D eigenvalue weighted by Crippen LogP contribution is 2.20. The molecular weight excluding hydrogens is 414 g/mol. The quantitative estimate of drug-likeness (QED) is 0.517. The van der Waals surface area contributed by atoms with E-state index in [1.807, 2.05) is 29.2 Å². The van der Waals surface area contributed by atoms with Gasteiger partial charge in [-0.1, -0.05) is 38.7 Å². The second-order valence-corrected chi connectivity index (χ2v) is 8.35. The molecule has 0 radical (unpaired) electrons. The third-order valence-corrected chi connectivity index (χ3v) is 5.87. The number of unbranched alkanes of at least 4 members (excludes halogenated alkanes) is 4. The van der Waals surface area contributed by atoms with Crippen molar-refractivity contribution in [1.29, 1.82) is 5.26 Å². The van der Waals surface area contributed by atoms with Crippen molar-refractivity contribution < 1.29 is 9.59 Å². The summed E-state index contributed by atoms with van der Waals surface area (Å²) in [7, 11) is 0. The number of piperazine rings is 1.